The molecule has 0 bridgehead atoms. The van der Waals surface area contributed by atoms with Crippen LogP contribution in [-0.2, 0) is 4.79 Å². The van der Waals surface area contributed by atoms with E-state index in [0.29, 0.717) is 19.5 Å². The van der Waals surface area contributed by atoms with Gasteiger partial charge in [-0.1, -0.05) is 20.3 Å². The molecular weight excluding hydrogens is 192 g/mol. The lowest BCUT2D eigenvalue weighted by Crippen LogP contribution is -2.63. The fourth-order valence-electron chi connectivity index (χ4n) is 1.96. The third-order valence-corrected chi connectivity index (χ3v) is 3.00. The van der Waals surface area contributed by atoms with E-state index in [1.165, 1.54) is 0 Å². The lowest BCUT2D eigenvalue weighted by molar-refractivity contribution is -0.156. The minimum atomic E-state index is -0.624. The molecule has 4 nitrogen and oxygen atoms in total. The van der Waals surface area contributed by atoms with Crippen LogP contribution in [0.3, 0.4) is 0 Å². The van der Waals surface area contributed by atoms with Crippen LogP contribution in [0, 0.1) is 0 Å². The number of hydrogen-bond acceptors (Lipinski definition) is 3. The van der Waals surface area contributed by atoms with Crippen LogP contribution in [0.5, 0.6) is 0 Å². The molecule has 0 spiro atoms. The highest BCUT2D eigenvalue weighted by Crippen LogP contribution is 2.26. The zero-order valence-corrected chi connectivity index (χ0v) is 9.70. The molecule has 0 aromatic heterocycles. The van der Waals surface area contributed by atoms with E-state index in [0.717, 1.165) is 19.3 Å². The van der Waals surface area contributed by atoms with Crippen molar-refractivity contribution in [2.45, 2.75) is 51.2 Å². The minimum Gasteiger partial charge on any atom is -0.386 e. The van der Waals surface area contributed by atoms with Gasteiger partial charge < -0.3 is 15.7 Å². The molecule has 1 amide bonds. The van der Waals surface area contributed by atoms with E-state index in [2.05, 4.69) is 0 Å². The summed E-state index contributed by atoms with van der Waals surface area (Å²) in [6, 6.07) is -0.0441. The summed E-state index contributed by atoms with van der Waals surface area (Å²) in [5, 5.41) is 9.90. The molecule has 1 atom stereocenters. The fraction of sp³-hybridized carbons (Fsp3) is 0.909. The molecule has 1 saturated heterocycles. The Morgan fingerprint density at radius 1 is 1.53 bits per heavy atom. The lowest BCUT2D eigenvalue weighted by atomic mass is 9.89. The Hall–Kier alpha value is -0.610. The van der Waals surface area contributed by atoms with Crippen molar-refractivity contribution in [1.82, 2.24) is 4.90 Å². The molecule has 0 aromatic carbocycles. The first-order valence-electron chi connectivity index (χ1n) is 5.76. The van der Waals surface area contributed by atoms with Gasteiger partial charge in [0, 0.05) is 12.5 Å². The SMILES string of the molecule is CCCC1(O)CN(C(=O)CC(N)CC)C1. The molecule has 4 heteroatoms. The number of β-amino-alcohol motifs (C(OH)–C–C–N with tert-alkyl or cyclic N) is 1. The predicted octanol–water partition coefficient (Wildman–Crippen LogP) is 0.487. The average molecular weight is 214 g/mol. The number of likely N-dealkylation sites (tertiary alicyclic amines) is 1. The summed E-state index contributed by atoms with van der Waals surface area (Å²) in [5.74, 6) is 0.0742. The molecule has 0 radical (unpaired) electrons. The number of nitrogens with two attached hydrogens (primary N) is 1. The second-order valence-electron chi connectivity index (χ2n) is 4.60. The Labute approximate surface area is 91.4 Å². The van der Waals surface area contributed by atoms with Crippen molar-refractivity contribution in [3.8, 4) is 0 Å². The van der Waals surface area contributed by atoms with E-state index >= 15 is 0 Å². The maximum Gasteiger partial charge on any atom is 0.224 e. The molecule has 1 heterocycles. The topological polar surface area (TPSA) is 66.6 Å². The molecule has 0 aromatic rings. The van der Waals surface area contributed by atoms with Gasteiger partial charge in [0.15, 0.2) is 0 Å². The number of rotatable bonds is 5. The van der Waals surface area contributed by atoms with Gasteiger partial charge in [-0.15, -0.1) is 0 Å². The quantitative estimate of drug-likeness (QED) is 0.700. The number of hydrogen-bond donors (Lipinski definition) is 2. The van der Waals surface area contributed by atoms with Crippen LogP contribution in [0.4, 0.5) is 0 Å². The first-order chi connectivity index (χ1) is 7.00. The monoisotopic (exact) mass is 214 g/mol. The summed E-state index contributed by atoms with van der Waals surface area (Å²) in [6.07, 6.45) is 2.95. The van der Waals surface area contributed by atoms with Crippen molar-refractivity contribution >= 4 is 5.91 Å². The smallest absolute Gasteiger partial charge is 0.224 e. The number of carbonyl (C=O) groups is 1. The standard InChI is InChI=1S/C11H22N2O2/c1-3-5-11(15)7-13(8-11)10(14)6-9(12)4-2/h9,15H,3-8,12H2,1-2H3. The van der Waals surface area contributed by atoms with Crippen molar-refractivity contribution in [1.29, 1.82) is 0 Å². The molecule has 1 rings (SSSR count). The first kappa shape index (κ1) is 12.5. The molecule has 0 saturated carbocycles. The molecule has 15 heavy (non-hydrogen) atoms. The molecule has 1 aliphatic rings. The molecule has 3 N–H and O–H groups in total. The average Bonchev–Trinajstić information content (AvgIpc) is 2.14. The summed E-state index contributed by atoms with van der Waals surface area (Å²) < 4.78 is 0. The third-order valence-electron chi connectivity index (χ3n) is 3.00. The minimum absolute atomic E-state index is 0.0441. The van der Waals surface area contributed by atoms with Crippen molar-refractivity contribution < 1.29 is 9.90 Å². The van der Waals surface area contributed by atoms with E-state index in [1.54, 1.807) is 4.90 Å². The van der Waals surface area contributed by atoms with Gasteiger partial charge in [-0.25, -0.2) is 0 Å². The highest BCUT2D eigenvalue weighted by molar-refractivity contribution is 5.78. The second kappa shape index (κ2) is 4.94. The summed E-state index contributed by atoms with van der Waals surface area (Å²) in [4.78, 5) is 13.3. The van der Waals surface area contributed by atoms with Gasteiger partial charge >= 0.3 is 0 Å². The fourth-order valence-corrected chi connectivity index (χ4v) is 1.96. The summed E-state index contributed by atoms with van der Waals surface area (Å²) in [7, 11) is 0. The molecule has 1 fully saturated rings. The Kier molecular flexibility index (Phi) is 4.11. The normalized spacial score (nSPS) is 20.9. The second-order valence-corrected chi connectivity index (χ2v) is 4.60. The summed E-state index contributed by atoms with van der Waals surface area (Å²) in [6.45, 7) is 4.98. The van der Waals surface area contributed by atoms with Crippen molar-refractivity contribution in [2.24, 2.45) is 5.73 Å². The molecular formula is C11H22N2O2. The van der Waals surface area contributed by atoms with Crippen LogP contribution in [0.2, 0.25) is 0 Å². The van der Waals surface area contributed by atoms with E-state index in [4.69, 9.17) is 5.73 Å². The van der Waals surface area contributed by atoms with Gasteiger partial charge in [-0.05, 0) is 12.8 Å². The van der Waals surface area contributed by atoms with E-state index in [9.17, 15) is 9.90 Å². The van der Waals surface area contributed by atoms with Gasteiger partial charge in [0.25, 0.3) is 0 Å². The number of aliphatic hydroxyl groups is 1. The molecule has 88 valence electrons. The Morgan fingerprint density at radius 2 is 2.13 bits per heavy atom. The van der Waals surface area contributed by atoms with Crippen molar-refractivity contribution in [2.75, 3.05) is 13.1 Å². The van der Waals surface area contributed by atoms with Crippen LogP contribution >= 0.6 is 0 Å². The van der Waals surface area contributed by atoms with Crippen LogP contribution in [0.1, 0.15) is 39.5 Å². The maximum atomic E-state index is 11.6. The highest BCUT2D eigenvalue weighted by atomic mass is 16.3. The Bertz CT molecular complexity index is 225. The zero-order chi connectivity index (χ0) is 11.5. The zero-order valence-electron chi connectivity index (χ0n) is 9.70. The Morgan fingerprint density at radius 3 is 2.60 bits per heavy atom. The largest absolute Gasteiger partial charge is 0.386 e. The van der Waals surface area contributed by atoms with Gasteiger partial charge in [-0.2, -0.15) is 0 Å². The van der Waals surface area contributed by atoms with Gasteiger partial charge in [0.2, 0.25) is 5.91 Å². The number of nitrogens with zero attached hydrogens (tertiary/aromatic N) is 1. The van der Waals surface area contributed by atoms with E-state index in [1.807, 2.05) is 13.8 Å². The van der Waals surface area contributed by atoms with E-state index in [-0.39, 0.29) is 11.9 Å². The Balaban J connectivity index is 2.29. The van der Waals surface area contributed by atoms with E-state index < -0.39 is 5.60 Å². The van der Waals surface area contributed by atoms with Crippen LogP contribution < -0.4 is 5.73 Å². The first-order valence-corrected chi connectivity index (χ1v) is 5.76. The van der Waals surface area contributed by atoms with Crippen LogP contribution in [-0.4, -0.2) is 40.6 Å². The molecule has 1 aliphatic heterocycles. The van der Waals surface area contributed by atoms with Gasteiger partial charge in [-0.3, -0.25) is 4.79 Å². The molecule has 1 unspecified atom stereocenters. The highest BCUT2D eigenvalue weighted by Gasteiger charge is 2.42. The van der Waals surface area contributed by atoms with Crippen molar-refractivity contribution in [3.63, 3.8) is 0 Å². The van der Waals surface area contributed by atoms with Gasteiger partial charge in [0.1, 0.15) is 0 Å². The summed E-state index contributed by atoms with van der Waals surface area (Å²) in [5.41, 5.74) is 5.08. The van der Waals surface area contributed by atoms with Crippen LogP contribution in [0.15, 0.2) is 0 Å². The molecule has 0 aliphatic carbocycles. The maximum absolute atomic E-state index is 11.6. The lowest BCUT2D eigenvalue weighted by Gasteiger charge is -2.46. The third kappa shape index (κ3) is 3.18. The summed E-state index contributed by atoms with van der Waals surface area (Å²) >= 11 is 0. The predicted molar refractivity (Wildman–Crippen MR) is 59.3 cm³/mol. The van der Waals surface area contributed by atoms with Crippen molar-refractivity contribution in [3.05, 3.63) is 0 Å². The number of amides is 1. The van der Waals surface area contributed by atoms with Gasteiger partial charge in [0.05, 0.1) is 18.7 Å². The number of carbonyl (C=O) groups excluding carboxylic acids is 1. The van der Waals surface area contributed by atoms with Crippen LogP contribution in [0.25, 0.3) is 0 Å².